The molecule has 7 heteroatoms. The lowest BCUT2D eigenvalue weighted by Crippen LogP contribution is -2.47. The van der Waals surface area contributed by atoms with Gasteiger partial charge < -0.3 is 11.1 Å². The minimum atomic E-state index is -3.26. The molecule has 6 nitrogen and oxygen atoms in total. The van der Waals surface area contributed by atoms with Crippen molar-refractivity contribution < 1.29 is 8.42 Å². The van der Waals surface area contributed by atoms with E-state index in [0.29, 0.717) is 12.2 Å². The molecule has 0 bridgehead atoms. The number of benzene rings is 1. The first-order chi connectivity index (χ1) is 9.68. The van der Waals surface area contributed by atoms with E-state index in [0.717, 1.165) is 22.7 Å². The van der Waals surface area contributed by atoms with Crippen molar-refractivity contribution >= 4 is 32.2 Å². The fourth-order valence-electron chi connectivity index (χ4n) is 2.22. The van der Waals surface area contributed by atoms with Gasteiger partial charge in [-0.2, -0.15) is 0 Å². The number of nitrogens with two attached hydrogens (primary N) is 1. The molecule has 2 rings (SSSR count). The Hall–Kier alpha value is -1.86. The summed E-state index contributed by atoms with van der Waals surface area (Å²) in [5.41, 5.74) is 6.89. The summed E-state index contributed by atoms with van der Waals surface area (Å²) in [5, 5.41) is 5.09. The maximum atomic E-state index is 11.3. The largest absolute Gasteiger partial charge is 0.398 e. The van der Waals surface area contributed by atoms with Crippen LogP contribution in [0.25, 0.3) is 10.8 Å². The van der Waals surface area contributed by atoms with Crippen LogP contribution in [-0.2, 0) is 10.0 Å². The summed E-state index contributed by atoms with van der Waals surface area (Å²) in [6.07, 6.45) is 4.58. The van der Waals surface area contributed by atoms with E-state index in [1.807, 2.05) is 32.0 Å². The van der Waals surface area contributed by atoms with Crippen LogP contribution in [0.5, 0.6) is 0 Å². The van der Waals surface area contributed by atoms with Gasteiger partial charge in [-0.05, 0) is 32.0 Å². The standard InChI is InChI=1S/C14H20N4O2S/c1-14(2,18-21(3,19)20)9-17-13-5-4-12(15)10-6-7-16-8-11(10)13/h4-8,17-18H,9,15H2,1-3H3. The molecule has 21 heavy (non-hydrogen) atoms. The highest BCUT2D eigenvalue weighted by molar-refractivity contribution is 7.88. The van der Waals surface area contributed by atoms with Crippen LogP contribution in [0, 0.1) is 0 Å². The van der Waals surface area contributed by atoms with Crippen molar-refractivity contribution in [3.8, 4) is 0 Å². The summed E-state index contributed by atoms with van der Waals surface area (Å²) in [6.45, 7) is 4.07. The molecule has 0 unspecified atom stereocenters. The van der Waals surface area contributed by atoms with E-state index in [1.165, 1.54) is 0 Å². The molecule has 1 aromatic heterocycles. The van der Waals surface area contributed by atoms with Crippen molar-refractivity contribution in [1.82, 2.24) is 9.71 Å². The number of nitrogen functional groups attached to an aromatic ring is 1. The van der Waals surface area contributed by atoms with Crippen LogP contribution in [0.15, 0.2) is 30.6 Å². The van der Waals surface area contributed by atoms with Crippen LogP contribution < -0.4 is 15.8 Å². The van der Waals surface area contributed by atoms with Crippen molar-refractivity contribution in [2.45, 2.75) is 19.4 Å². The van der Waals surface area contributed by atoms with Gasteiger partial charge in [-0.1, -0.05) is 0 Å². The first-order valence-corrected chi connectivity index (χ1v) is 8.42. The van der Waals surface area contributed by atoms with Crippen LogP contribution >= 0.6 is 0 Å². The van der Waals surface area contributed by atoms with Gasteiger partial charge in [-0.25, -0.2) is 13.1 Å². The summed E-state index contributed by atoms with van der Waals surface area (Å²) in [6, 6.07) is 5.55. The van der Waals surface area contributed by atoms with Crippen molar-refractivity contribution in [2.75, 3.05) is 23.9 Å². The maximum absolute atomic E-state index is 11.3. The number of hydrogen-bond donors (Lipinski definition) is 3. The van der Waals surface area contributed by atoms with Crippen molar-refractivity contribution in [1.29, 1.82) is 0 Å². The zero-order chi connectivity index (χ0) is 15.7. The minimum Gasteiger partial charge on any atom is -0.398 e. The number of pyridine rings is 1. The van der Waals surface area contributed by atoms with E-state index < -0.39 is 15.6 Å². The number of aromatic nitrogens is 1. The summed E-state index contributed by atoms with van der Waals surface area (Å²) in [4.78, 5) is 4.11. The second-order valence-corrected chi connectivity index (χ2v) is 7.48. The minimum absolute atomic E-state index is 0.438. The zero-order valence-electron chi connectivity index (χ0n) is 12.3. The molecule has 0 fully saturated rings. The molecule has 114 valence electrons. The summed E-state index contributed by atoms with van der Waals surface area (Å²) >= 11 is 0. The fourth-order valence-corrected chi connectivity index (χ4v) is 3.30. The average Bonchev–Trinajstić information content (AvgIpc) is 2.35. The molecule has 4 N–H and O–H groups in total. The first-order valence-electron chi connectivity index (χ1n) is 6.53. The van der Waals surface area contributed by atoms with E-state index in [2.05, 4.69) is 15.0 Å². The number of nitrogens with one attached hydrogen (secondary N) is 2. The molecule has 0 aliphatic rings. The molecule has 0 radical (unpaired) electrons. The summed E-state index contributed by atoms with van der Waals surface area (Å²) in [5.74, 6) is 0. The second kappa shape index (κ2) is 5.50. The van der Waals surface area contributed by atoms with Gasteiger partial charge >= 0.3 is 0 Å². The third kappa shape index (κ3) is 4.05. The van der Waals surface area contributed by atoms with Gasteiger partial charge in [0.25, 0.3) is 0 Å². The van der Waals surface area contributed by atoms with E-state index >= 15 is 0 Å². The van der Waals surface area contributed by atoms with Crippen LogP contribution in [0.4, 0.5) is 11.4 Å². The van der Waals surface area contributed by atoms with Gasteiger partial charge in [0.2, 0.25) is 10.0 Å². The zero-order valence-corrected chi connectivity index (χ0v) is 13.2. The number of anilines is 2. The first kappa shape index (κ1) is 15.5. The predicted octanol–water partition coefficient (Wildman–Crippen LogP) is 1.56. The Morgan fingerprint density at radius 1 is 1.24 bits per heavy atom. The smallest absolute Gasteiger partial charge is 0.209 e. The Balaban J connectivity index is 2.23. The van der Waals surface area contributed by atoms with E-state index in [1.54, 1.807) is 12.4 Å². The normalized spacial score (nSPS) is 12.5. The highest BCUT2D eigenvalue weighted by Gasteiger charge is 2.22. The molecule has 1 heterocycles. The molecule has 2 aromatic rings. The summed E-state index contributed by atoms with van der Waals surface area (Å²) in [7, 11) is -3.26. The van der Waals surface area contributed by atoms with Crippen molar-refractivity contribution in [3.05, 3.63) is 30.6 Å². The van der Waals surface area contributed by atoms with Gasteiger partial charge in [0.05, 0.1) is 6.26 Å². The van der Waals surface area contributed by atoms with Crippen LogP contribution in [0.2, 0.25) is 0 Å². The predicted molar refractivity (Wildman–Crippen MR) is 86.7 cm³/mol. The molecular weight excluding hydrogens is 288 g/mol. The van der Waals surface area contributed by atoms with Crippen LogP contribution in [-0.4, -0.2) is 31.7 Å². The highest BCUT2D eigenvalue weighted by Crippen LogP contribution is 2.27. The van der Waals surface area contributed by atoms with Gasteiger partial charge in [0, 0.05) is 46.6 Å². The van der Waals surface area contributed by atoms with E-state index in [4.69, 9.17) is 5.73 Å². The number of nitrogens with zero attached hydrogens (tertiary/aromatic N) is 1. The average molecular weight is 308 g/mol. The number of sulfonamides is 1. The number of rotatable bonds is 5. The van der Waals surface area contributed by atoms with Gasteiger partial charge in [-0.15, -0.1) is 0 Å². The number of hydrogen-bond acceptors (Lipinski definition) is 5. The lowest BCUT2D eigenvalue weighted by molar-refractivity contribution is 0.476. The van der Waals surface area contributed by atoms with E-state index in [9.17, 15) is 8.42 Å². The van der Waals surface area contributed by atoms with Gasteiger partial charge in [0.1, 0.15) is 0 Å². The number of fused-ring (bicyclic) bond motifs is 1. The fraction of sp³-hybridized carbons (Fsp3) is 0.357. The third-order valence-corrected chi connectivity index (χ3v) is 3.96. The maximum Gasteiger partial charge on any atom is 0.209 e. The lowest BCUT2D eigenvalue weighted by atomic mass is 10.1. The lowest BCUT2D eigenvalue weighted by Gasteiger charge is -2.26. The molecule has 0 spiro atoms. The molecule has 0 amide bonds. The molecular formula is C14H20N4O2S. The summed E-state index contributed by atoms with van der Waals surface area (Å²) < 4.78 is 25.3. The highest BCUT2D eigenvalue weighted by atomic mass is 32.2. The monoisotopic (exact) mass is 308 g/mol. The topological polar surface area (TPSA) is 97.1 Å². The van der Waals surface area contributed by atoms with Crippen LogP contribution in [0.3, 0.4) is 0 Å². The molecule has 1 aromatic carbocycles. The Labute approximate surface area is 124 Å². The molecule has 0 aliphatic heterocycles. The Morgan fingerprint density at radius 3 is 2.62 bits per heavy atom. The Bertz CT molecular complexity index is 757. The Morgan fingerprint density at radius 2 is 1.95 bits per heavy atom. The third-order valence-electron chi connectivity index (χ3n) is 3.03. The molecule has 0 atom stereocenters. The Kier molecular flexibility index (Phi) is 4.06. The molecule has 0 aliphatic carbocycles. The van der Waals surface area contributed by atoms with Gasteiger partial charge in [0.15, 0.2) is 0 Å². The van der Waals surface area contributed by atoms with Gasteiger partial charge in [-0.3, -0.25) is 4.98 Å². The molecule has 0 saturated carbocycles. The quantitative estimate of drug-likeness (QED) is 0.728. The molecule has 0 saturated heterocycles. The SMILES string of the molecule is CC(C)(CNc1ccc(N)c2ccncc12)NS(C)(=O)=O. The van der Waals surface area contributed by atoms with E-state index in [-0.39, 0.29) is 0 Å². The van der Waals surface area contributed by atoms with Crippen LogP contribution in [0.1, 0.15) is 13.8 Å². The van der Waals surface area contributed by atoms with Crippen molar-refractivity contribution in [2.24, 2.45) is 0 Å². The van der Waals surface area contributed by atoms with Crippen molar-refractivity contribution in [3.63, 3.8) is 0 Å². The second-order valence-electron chi connectivity index (χ2n) is 5.74.